The van der Waals surface area contributed by atoms with Gasteiger partial charge >= 0.3 is 0 Å². The van der Waals surface area contributed by atoms with Crippen LogP contribution in [0.2, 0.25) is 0 Å². The standard InChI is InChI=1S/C9H11IO2/c1-7-3-4-9(8(10)5-7)12-6-11-2/h3-5H,6H2,1-2H3. The molecular weight excluding hydrogens is 267 g/mol. The molecule has 0 fully saturated rings. The van der Waals surface area contributed by atoms with E-state index in [0.717, 1.165) is 9.32 Å². The molecule has 0 aliphatic rings. The van der Waals surface area contributed by atoms with Gasteiger partial charge in [-0.3, -0.25) is 0 Å². The molecule has 0 spiro atoms. The molecule has 66 valence electrons. The molecular formula is C9H11IO2. The van der Waals surface area contributed by atoms with Crippen LogP contribution < -0.4 is 4.74 Å². The van der Waals surface area contributed by atoms with Crippen LogP contribution in [-0.2, 0) is 4.74 Å². The van der Waals surface area contributed by atoms with Gasteiger partial charge in [0.05, 0.1) is 3.57 Å². The third kappa shape index (κ3) is 2.64. The Morgan fingerprint density at radius 2 is 2.17 bits per heavy atom. The second kappa shape index (κ2) is 4.67. The largest absolute Gasteiger partial charge is 0.466 e. The normalized spacial score (nSPS) is 9.92. The van der Waals surface area contributed by atoms with E-state index < -0.39 is 0 Å². The zero-order valence-corrected chi connectivity index (χ0v) is 9.29. The van der Waals surface area contributed by atoms with E-state index in [1.54, 1.807) is 7.11 Å². The molecule has 1 aromatic carbocycles. The summed E-state index contributed by atoms with van der Waals surface area (Å²) < 4.78 is 11.2. The second-order valence-electron chi connectivity index (χ2n) is 2.48. The summed E-state index contributed by atoms with van der Waals surface area (Å²) in [5, 5.41) is 0. The van der Waals surface area contributed by atoms with Crippen LogP contribution in [0.3, 0.4) is 0 Å². The molecule has 0 saturated carbocycles. The summed E-state index contributed by atoms with van der Waals surface area (Å²) >= 11 is 2.25. The fourth-order valence-corrected chi connectivity index (χ4v) is 1.67. The number of halogens is 1. The Morgan fingerprint density at radius 1 is 1.42 bits per heavy atom. The van der Waals surface area contributed by atoms with Crippen LogP contribution in [0.25, 0.3) is 0 Å². The first-order valence-corrected chi connectivity index (χ1v) is 4.70. The van der Waals surface area contributed by atoms with E-state index in [0.29, 0.717) is 6.79 Å². The summed E-state index contributed by atoms with van der Waals surface area (Å²) in [5.41, 5.74) is 1.24. The van der Waals surface area contributed by atoms with Crippen LogP contribution in [0.5, 0.6) is 5.75 Å². The van der Waals surface area contributed by atoms with Crippen molar-refractivity contribution in [1.29, 1.82) is 0 Å². The Bertz CT molecular complexity index is 261. The van der Waals surface area contributed by atoms with Crippen molar-refractivity contribution in [3.05, 3.63) is 27.3 Å². The molecule has 0 heterocycles. The summed E-state index contributed by atoms with van der Waals surface area (Å²) in [6, 6.07) is 6.05. The van der Waals surface area contributed by atoms with Crippen molar-refractivity contribution in [3.8, 4) is 5.75 Å². The van der Waals surface area contributed by atoms with Gasteiger partial charge in [0.2, 0.25) is 0 Å². The number of benzene rings is 1. The van der Waals surface area contributed by atoms with Crippen molar-refractivity contribution in [3.63, 3.8) is 0 Å². The van der Waals surface area contributed by atoms with Gasteiger partial charge in [-0.05, 0) is 47.2 Å². The first kappa shape index (κ1) is 9.80. The number of methoxy groups -OCH3 is 1. The topological polar surface area (TPSA) is 18.5 Å². The van der Waals surface area contributed by atoms with Gasteiger partial charge < -0.3 is 9.47 Å². The van der Waals surface area contributed by atoms with Crippen molar-refractivity contribution in [2.75, 3.05) is 13.9 Å². The maximum absolute atomic E-state index is 5.31. The maximum Gasteiger partial charge on any atom is 0.188 e. The molecule has 0 unspecified atom stereocenters. The molecule has 1 rings (SSSR count). The first-order valence-electron chi connectivity index (χ1n) is 3.62. The van der Waals surface area contributed by atoms with E-state index in [1.165, 1.54) is 5.56 Å². The van der Waals surface area contributed by atoms with E-state index in [2.05, 4.69) is 35.6 Å². The molecule has 12 heavy (non-hydrogen) atoms. The van der Waals surface area contributed by atoms with Gasteiger partial charge in [0.1, 0.15) is 5.75 Å². The monoisotopic (exact) mass is 278 g/mol. The molecule has 2 nitrogen and oxygen atoms in total. The fraction of sp³-hybridized carbons (Fsp3) is 0.333. The van der Waals surface area contributed by atoms with Crippen molar-refractivity contribution in [2.24, 2.45) is 0 Å². The molecule has 0 aliphatic heterocycles. The van der Waals surface area contributed by atoms with Crippen LogP contribution in [0.4, 0.5) is 0 Å². The van der Waals surface area contributed by atoms with Crippen LogP contribution in [0.15, 0.2) is 18.2 Å². The van der Waals surface area contributed by atoms with Gasteiger partial charge in [0, 0.05) is 7.11 Å². The highest BCUT2D eigenvalue weighted by molar-refractivity contribution is 14.1. The lowest BCUT2D eigenvalue weighted by Crippen LogP contribution is -2.00. The maximum atomic E-state index is 5.31. The quantitative estimate of drug-likeness (QED) is 0.625. The van der Waals surface area contributed by atoms with Crippen LogP contribution in [0.1, 0.15) is 5.56 Å². The van der Waals surface area contributed by atoms with Gasteiger partial charge in [-0.1, -0.05) is 6.07 Å². The first-order chi connectivity index (χ1) is 5.74. The average Bonchev–Trinajstić information content (AvgIpc) is 2.03. The number of ether oxygens (including phenoxy) is 2. The summed E-state index contributed by atoms with van der Waals surface area (Å²) in [5.74, 6) is 0.878. The van der Waals surface area contributed by atoms with E-state index in [1.807, 2.05) is 12.1 Å². The summed E-state index contributed by atoms with van der Waals surface area (Å²) in [4.78, 5) is 0. The summed E-state index contributed by atoms with van der Waals surface area (Å²) in [6.07, 6.45) is 0. The fourth-order valence-electron chi connectivity index (χ4n) is 0.845. The highest BCUT2D eigenvalue weighted by Gasteiger charge is 1.99. The lowest BCUT2D eigenvalue weighted by molar-refractivity contribution is 0.0505. The molecule has 1 aromatic rings. The Balaban J connectivity index is 2.72. The molecule has 0 atom stereocenters. The van der Waals surface area contributed by atoms with Crippen molar-refractivity contribution in [1.82, 2.24) is 0 Å². The van der Waals surface area contributed by atoms with Crippen molar-refractivity contribution in [2.45, 2.75) is 6.92 Å². The summed E-state index contributed by atoms with van der Waals surface area (Å²) in [6.45, 7) is 2.36. The summed E-state index contributed by atoms with van der Waals surface area (Å²) in [7, 11) is 1.61. The van der Waals surface area contributed by atoms with Crippen LogP contribution in [0, 0.1) is 10.5 Å². The van der Waals surface area contributed by atoms with Crippen molar-refractivity contribution >= 4 is 22.6 Å². The molecule has 0 bridgehead atoms. The minimum absolute atomic E-state index is 0.305. The van der Waals surface area contributed by atoms with Crippen molar-refractivity contribution < 1.29 is 9.47 Å². The third-order valence-corrected chi connectivity index (χ3v) is 2.26. The lowest BCUT2D eigenvalue weighted by atomic mass is 10.2. The van der Waals surface area contributed by atoms with Gasteiger partial charge in [-0.15, -0.1) is 0 Å². The van der Waals surface area contributed by atoms with Crippen LogP contribution >= 0.6 is 22.6 Å². The Kier molecular flexibility index (Phi) is 3.81. The number of hydrogen-bond acceptors (Lipinski definition) is 2. The smallest absolute Gasteiger partial charge is 0.188 e. The SMILES string of the molecule is COCOc1ccc(C)cc1I. The van der Waals surface area contributed by atoms with Crippen LogP contribution in [-0.4, -0.2) is 13.9 Å². The highest BCUT2D eigenvalue weighted by Crippen LogP contribution is 2.21. The highest BCUT2D eigenvalue weighted by atomic mass is 127. The zero-order chi connectivity index (χ0) is 8.97. The van der Waals surface area contributed by atoms with E-state index in [4.69, 9.17) is 9.47 Å². The van der Waals surface area contributed by atoms with Gasteiger partial charge in [-0.2, -0.15) is 0 Å². The Labute approximate surface area is 86.0 Å². The Hall–Kier alpha value is -0.290. The molecule has 0 aliphatic carbocycles. The molecule has 0 amide bonds. The number of rotatable bonds is 3. The third-order valence-electron chi connectivity index (χ3n) is 1.42. The minimum Gasteiger partial charge on any atom is -0.466 e. The van der Waals surface area contributed by atoms with E-state index in [9.17, 15) is 0 Å². The molecule has 0 N–H and O–H groups in total. The minimum atomic E-state index is 0.305. The lowest BCUT2D eigenvalue weighted by Gasteiger charge is -2.06. The number of aryl methyl sites for hydroxylation is 1. The zero-order valence-electron chi connectivity index (χ0n) is 7.13. The van der Waals surface area contributed by atoms with Gasteiger partial charge in [0.15, 0.2) is 6.79 Å². The van der Waals surface area contributed by atoms with Gasteiger partial charge in [-0.25, -0.2) is 0 Å². The van der Waals surface area contributed by atoms with E-state index >= 15 is 0 Å². The predicted molar refractivity (Wildman–Crippen MR) is 56.4 cm³/mol. The molecule has 0 radical (unpaired) electrons. The second-order valence-corrected chi connectivity index (χ2v) is 3.65. The molecule has 3 heteroatoms. The van der Waals surface area contributed by atoms with Gasteiger partial charge in [0.25, 0.3) is 0 Å². The number of hydrogen-bond donors (Lipinski definition) is 0. The predicted octanol–water partition coefficient (Wildman–Crippen LogP) is 2.58. The molecule has 0 saturated heterocycles. The molecule has 0 aromatic heterocycles. The van der Waals surface area contributed by atoms with E-state index in [-0.39, 0.29) is 0 Å². The average molecular weight is 278 g/mol. The Morgan fingerprint density at radius 3 is 2.75 bits per heavy atom.